The normalized spacial score (nSPS) is 11.6. The Morgan fingerprint density at radius 3 is 2.14 bits per heavy atom. The van der Waals surface area contributed by atoms with Gasteiger partial charge in [0.15, 0.2) is 23.0 Å². The van der Waals surface area contributed by atoms with Crippen LogP contribution in [0.2, 0.25) is 0 Å². The van der Waals surface area contributed by atoms with E-state index in [1.54, 1.807) is 0 Å². The Balaban J connectivity index is 1.70. The second-order valence-corrected chi connectivity index (χ2v) is 8.25. The highest BCUT2D eigenvalue weighted by Gasteiger charge is 2.23. The van der Waals surface area contributed by atoms with Gasteiger partial charge in [0.05, 0.1) is 5.56 Å². The van der Waals surface area contributed by atoms with Crippen molar-refractivity contribution in [3.05, 3.63) is 83.4 Å². The summed E-state index contributed by atoms with van der Waals surface area (Å²) in [6.45, 7) is 0.991. The van der Waals surface area contributed by atoms with Gasteiger partial charge in [-0.15, -0.1) is 0 Å². The van der Waals surface area contributed by atoms with E-state index < -0.39 is 41.0 Å². The first kappa shape index (κ1) is 27.0. The number of carbonyl (C=O) groups is 3. The molecule has 10 nitrogen and oxygen atoms in total. The minimum absolute atomic E-state index is 0.0757. The largest absolute Gasteiger partial charge is 0.504 e. The quantitative estimate of drug-likeness (QED) is 0.141. The van der Waals surface area contributed by atoms with Gasteiger partial charge in [-0.2, -0.15) is 0 Å². The van der Waals surface area contributed by atoms with Crippen molar-refractivity contribution in [2.45, 2.75) is 19.1 Å². The van der Waals surface area contributed by atoms with E-state index in [9.17, 15) is 34.8 Å². The standard InChI is InChI=1S/C27H28N2O8/c30-15-12-19(37-27(36)21-9-5-11-23(32)25(21)34)17-29(16-18-6-2-1-3-7-18)14-13-28-26(35)20-8-4-10-22(31)24(20)33/h1-11,15,19,31-34H,12-14,16-17H2,(H,28,35). The van der Waals surface area contributed by atoms with E-state index in [4.69, 9.17) is 4.74 Å². The second kappa shape index (κ2) is 12.9. The highest BCUT2D eigenvalue weighted by atomic mass is 16.5. The molecule has 0 aliphatic heterocycles. The van der Waals surface area contributed by atoms with E-state index in [1.807, 2.05) is 35.2 Å². The summed E-state index contributed by atoms with van der Waals surface area (Å²) in [5.41, 5.74) is 0.637. The number of carbonyl (C=O) groups excluding carboxylic acids is 3. The second-order valence-electron chi connectivity index (χ2n) is 8.25. The summed E-state index contributed by atoms with van der Waals surface area (Å²) < 4.78 is 5.48. The molecule has 37 heavy (non-hydrogen) atoms. The van der Waals surface area contributed by atoms with Crippen molar-refractivity contribution in [2.75, 3.05) is 19.6 Å². The van der Waals surface area contributed by atoms with Crippen LogP contribution in [0.15, 0.2) is 66.7 Å². The van der Waals surface area contributed by atoms with E-state index in [2.05, 4.69) is 5.32 Å². The van der Waals surface area contributed by atoms with Gasteiger partial charge in [-0.3, -0.25) is 9.69 Å². The van der Waals surface area contributed by atoms with Crippen LogP contribution < -0.4 is 5.32 Å². The Hall–Kier alpha value is -4.57. The van der Waals surface area contributed by atoms with E-state index in [0.717, 1.165) is 5.56 Å². The summed E-state index contributed by atoms with van der Waals surface area (Å²) in [7, 11) is 0. The summed E-state index contributed by atoms with van der Waals surface area (Å²) in [6.07, 6.45) is -0.366. The lowest BCUT2D eigenvalue weighted by atomic mass is 10.1. The molecule has 0 spiro atoms. The van der Waals surface area contributed by atoms with Crippen LogP contribution in [-0.4, -0.2) is 69.2 Å². The molecule has 0 radical (unpaired) electrons. The van der Waals surface area contributed by atoms with Crippen LogP contribution in [0.1, 0.15) is 32.7 Å². The maximum Gasteiger partial charge on any atom is 0.342 e. The van der Waals surface area contributed by atoms with Crippen molar-refractivity contribution < 1.29 is 39.5 Å². The summed E-state index contributed by atoms with van der Waals surface area (Å²) in [4.78, 5) is 38.3. The predicted octanol–water partition coefficient (Wildman–Crippen LogP) is 2.56. The molecule has 0 heterocycles. The predicted molar refractivity (Wildman–Crippen MR) is 133 cm³/mol. The number of phenolic OH excluding ortho intramolecular Hbond substituents is 4. The Labute approximate surface area is 213 Å². The third-order valence-corrected chi connectivity index (χ3v) is 5.55. The molecular weight excluding hydrogens is 480 g/mol. The first-order valence-electron chi connectivity index (χ1n) is 11.5. The Morgan fingerprint density at radius 2 is 1.49 bits per heavy atom. The fourth-order valence-corrected chi connectivity index (χ4v) is 3.68. The maximum absolute atomic E-state index is 12.6. The molecular formula is C27H28N2O8. The number of aldehydes is 1. The summed E-state index contributed by atoms with van der Waals surface area (Å²) in [5.74, 6) is -3.49. The Morgan fingerprint density at radius 1 is 0.865 bits per heavy atom. The average molecular weight is 509 g/mol. The number of hydrogen-bond acceptors (Lipinski definition) is 9. The van der Waals surface area contributed by atoms with Crippen LogP contribution in [0.5, 0.6) is 23.0 Å². The number of amides is 1. The van der Waals surface area contributed by atoms with Gasteiger partial charge in [-0.05, 0) is 29.8 Å². The number of ether oxygens (including phenoxy) is 1. The van der Waals surface area contributed by atoms with E-state index in [1.165, 1.54) is 36.4 Å². The minimum atomic E-state index is -0.896. The SMILES string of the molecule is O=CCC(CN(CCNC(=O)c1cccc(O)c1O)Cc1ccccc1)OC(=O)c1cccc(O)c1O. The lowest BCUT2D eigenvalue weighted by Crippen LogP contribution is -2.40. The first-order chi connectivity index (χ1) is 17.8. The molecule has 3 aromatic rings. The lowest BCUT2D eigenvalue weighted by molar-refractivity contribution is -0.109. The number of benzene rings is 3. The maximum atomic E-state index is 12.6. The molecule has 1 atom stereocenters. The molecule has 0 aliphatic rings. The molecule has 5 N–H and O–H groups in total. The lowest BCUT2D eigenvalue weighted by Gasteiger charge is -2.27. The van der Waals surface area contributed by atoms with Crippen LogP contribution in [0, 0.1) is 0 Å². The molecule has 3 aromatic carbocycles. The fraction of sp³-hybridized carbons (Fsp3) is 0.222. The van der Waals surface area contributed by atoms with Crippen molar-refractivity contribution in [3.63, 3.8) is 0 Å². The molecule has 194 valence electrons. The van der Waals surface area contributed by atoms with Gasteiger partial charge in [0, 0.05) is 32.6 Å². The zero-order chi connectivity index (χ0) is 26.8. The number of nitrogens with one attached hydrogen (secondary N) is 1. The third-order valence-electron chi connectivity index (χ3n) is 5.55. The van der Waals surface area contributed by atoms with E-state index in [-0.39, 0.29) is 30.6 Å². The van der Waals surface area contributed by atoms with Gasteiger partial charge in [-0.1, -0.05) is 42.5 Å². The molecule has 0 saturated heterocycles. The topological polar surface area (TPSA) is 157 Å². The van der Waals surface area contributed by atoms with Crippen molar-refractivity contribution in [1.29, 1.82) is 0 Å². The fourth-order valence-electron chi connectivity index (χ4n) is 3.68. The van der Waals surface area contributed by atoms with Crippen molar-refractivity contribution in [1.82, 2.24) is 10.2 Å². The van der Waals surface area contributed by atoms with Crippen LogP contribution in [-0.2, 0) is 16.1 Å². The number of para-hydroxylation sites is 2. The zero-order valence-corrected chi connectivity index (χ0v) is 19.9. The molecule has 0 saturated carbocycles. The summed E-state index contributed by atoms with van der Waals surface area (Å²) in [5, 5.41) is 41.9. The molecule has 0 fully saturated rings. The molecule has 10 heteroatoms. The van der Waals surface area contributed by atoms with Crippen molar-refractivity contribution >= 4 is 18.2 Å². The van der Waals surface area contributed by atoms with Crippen LogP contribution in [0.25, 0.3) is 0 Å². The number of phenols is 4. The smallest absolute Gasteiger partial charge is 0.342 e. The molecule has 3 rings (SSSR count). The van der Waals surface area contributed by atoms with E-state index >= 15 is 0 Å². The zero-order valence-electron chi connectivity index (χ0n) is 19.9. The number of nitrogens with zero attached hydrogens (tertiary/aromatic N) is 1. The van der Waals surface area contributed by atoms with Gasteiger partial charge in [0.25, 0.3) is 5.91 Å². The van der Waals surface area contributed by atoms with Gasteiger partial charge in [0.1, 0.15) is 18.0 Å². The first-order valence-corrected chi connectivity index (χ1v) is 11.5. The minimum Gasteiger partial charge on any atom is -0.504 e. The van der Waals surface area contributed by atoms with E-state index in [0.29, 0.717) is 19.4 Å². The third kappa shape index (κ3) is 7.45. The van der Waals surface area contributed by atoms with Gasteiger partial charge < -0.3 is 35.3 Å². The van der Waals surface area contributed by atoms with Crippen LogP contribution >= 0.6 is 0 Å². The van der Waals surface area contributed by atoms with Gasteiger partial charge >= 0.3 is 5.97 Å². The summed E-state index contributed by atoms with van der Waals surface area (Å²) in [6, 6.07) is 17.4. The molecule has 0 aliphatic carbocycles. The van der Waals surface area contributed by atoms with Crippen LogP contribution in [0.3, 0.4) is 0 Å². The number of aromatic hydroxyl groups is 4. The summed E-state index contributed by atoms with van der Waals surface area (Å²) >= 11 is 0. The van der Waals surface area contributed by atoms with Crippen molar-refractivity contribution in [2.24, 2.45) is 0 Å². The number of hydrogen-bond donors (Lipinski definition) is 5. The number of rotatable bonds is 12. The number of esters is 1. The van der Waals surface area contributed by atoms with Crippen LogP contribution in [0.4, 0.5) is 0 Å². The molecule has 0 bridgehead atoms. The molecule has 0 aromatic heterocycles. The monoisotopic (exact) mass is 508 g/mol. The van der Waals surface area contributed by atoms with Gasteiger partial charge in [0.2, 0.25) is 0 Å². The highest BCUT2D eigenvalue weighted by Crippen LogP contribution is 2.29. The van der Waals surface area contributed by atoms with Gasteiger partial charge in [-0.25, -0.2) is 4.79 Å². The Bertz CT molecular complexity index is 1230. The van der Waals surface area contributed by atoms with Crippen molar-refractivity contribution in [3.8, 4) is 23.0 Å². The highest BCUT2D eigenvalue weighted by molar-refractivity contribution is 5.97. The Kier molecular flexibility index (Phi) is 9.45. The molecule has 1 amide bonds. The molecule has 1 unspecified atom stereocenters. The average Bonchev–Trinajstić information content (AvgIpc) is 2.87.